The van der Waals surface area contributed by atoms with Crippen molar-refractivity contribution in [3.8, 4) is 17.2 Å². The first kappa shape index (κ1) is 15.2. The number of nitro benzene ring substituents is 1. The summed E-state index contributed by atoms with van der Waals surface area (Å²) >= 11 is 3.19. The minimum atomic E-state index is -0.538. The Hall–Kier alpha value is -2.15. The highest BCUT2D eigenvalue weighted by Gasteiger charge is 2.16. The fraction of sp³-hybridized carbons (Fsp3) is 0.143. The summed E-state index contributed by atoms with van der Waals surface area (Å²) in [6, 6.07) is 8.37. The summed E-state index contributed by atoms with van der Waals surface area (Å²) in [6.07, 6.45) is 0. The van der Waals surface area contributed by atoms with E-state index < -0.39 is 10.7 Å². The van der Waals surface area contributed by atoms with Crippen LogP contribution in [0, 0.1) is 15.9 Å². The number of hydrogen-bond donors (Lipinski definition) is 0. The molecule has 0 saturated carbocycles. The third-order valence-corrected chi connectivity index (χ3v) is 3.35. The Morgan fingerprint density at radius 2 is 2.00 bits per heavy atom. The maximum Gasteiger partial charge on any atom is 0.273 e. The van der Waals surface area contributed by atoms with Gasteiger partial charge in [-0.3, -0.25) is 10.1 Å². The monoisotopic (exact) mass is 355 g/mol. The lowest BCUT2D eigenvalue weighted by Gasteiger charge is -2.13. The average molecular weight is 356 g/mol. The van der Waals surface area contributed by atoms with Gasteiger partial charge in [-0.25, -0.2) is 4.39 Å². The van der Waals surface area contributed by atoms with Crippen molar-refractivity contribution in [2.75, 3.05) is 7.11 Å². The van der Waals surface area contributed by atoms with Gasteiger partial charge in [0.2, 0.25) is 0 Å². The second-order valence-corrected chi connectivity index (χ2v) is 4.61. The number of rotatable bonds is 5. The van der Waals surface area contributed by atoms with Crippen LogP contribution in [0.3, 0.4) is 0 Å². The summed E-state index contributed by atoms with van der Waals surface area (Å²) in [5.41, 5.74) is 0.189. The summed E-state index contributed by atoms with van der Waals surface area (Å²) < 4.78 is 24.4. The maximum absolute atomic E-state index is 13.7. The Kier molecular flexibility index (Phi) is 4.74. The van der Waals surface area contributed by atoms with Crippen molar-refractivity contribution in [3.63, 3.8) is 0 Å². The topological polar surface area (TPSA) is 61.6 Å². The normalized spacial score (nSPS) is 10.2. The predicted octanol–water partition coefficient (Wildman–Crippen LogP) is 4.43. The highest BCUT2D eigenvalue weighted by molar-refractivity contribution is 9.08. The zero-order chi connectivity index (χ0) is 15.4. The second-order valence-electron chi connectivity index (χ2n) is 4.04. The third kappa shape index (κ3) is 3.30. The number of alkyl halides is 1. The molecule has 0 saturated heterocycles. The first-order chi connectivity index (χ1) is 10.1. The van der Waals surface area contributed by atoms with Crippen molar-refractivity contribution in [3.05, 3.63) is 57.9 Å². The fourth-order valence-electron chi connectivity index (χ4n) is 1.74. The van der Waals surface area contributed by atoms with Gasteiger partial charge in [0.1, 0.15) is 11.6 Å². The molecule has 0 bridgehead atoms. The van der Waals surface area contributed by atoms with E-state index in [1.807, 2.05) is 0 Å². The SMILES string of the molecule is COc1ccc([N+](=O)[O-])cc1Oc1cccc(F)c1CBr. The molecule has 0 aliphatic carbocycles. The first-order valence-electron chi connectivity index (χ1n) is 5.90. The summed E-state index contributed by atoms with van der Waals surface area (Å²) in [4.78, 5) is 10.3. The Morgan fingerprint density at radius 3 is 2.62 bits per heavy atom. The van der Waals surface area contributed by atoms with Crippen molar-refractivity contribution >= 4 is 21.6 Å². The van der Waals surface area contributed by atoms with Gasteiger partial charge in [-0.05, 0) is 18.2 Å². The number of hydrogen-bond acceptors (Lipinski definition) is 4. The lowest BCUT2D eigenvalue weighted by Crippen LogP contribution is -1.96. The predicted molar refractivity (Wildman–Crippen MR) is 78.8 cm³/mol. The van der Waals surface area contributed by atoms with E-state index in [0.29, 0.717) is 11.3 Å². The molecule has 110 valence electrons. The van der Waals surface area contributed by atoms with Crippen LogP contribution < -0.4 is 9.47 Å². The third-order valence-electron chi connectivity index (χ3n) is 2.79. The zero-order valence-corrected chi connectivity index (χ0v) is 12.6. The largest absolute Gasteiger partial charge is 0.493 e. The minimum absolute atomic E-state index is 0.136. The van der Waals surface area contributed by atoms with E-state index in [1.54, 1.807) is 6.07 Å². The molecule has 7 heteroatoms. The van der Waals surface area contributed by atoms with Crippen LogP contribution in [0.1, 0.15) is 5.56 Å². The summed E-state index contributed by atoms with van der Waals surface area (Å²) in [5.74, 6) is 0.323. The molecule has 2 aromatic rings. The van der Waals surface area contributed by atoms with Crippen LogP contribution in [0.15, 0.2) is 36.4 Å². The summed E-state index contributed by atoms with van der Waals surface area (Å²) in [7, 11) is 1.42. The maximum atomic E-state index is 13.7. The molecule has 21 heavy (non-hydrogen) atoms. The van der Waals surface area contributed by atoms with Crippen molar-refractivity contribution in [1.82, 2.24) is 0 Å². The van der Waals surface area contributed by atoms with Gasteiger partial charge in [0.25, 0.3) is 5.69 Å². The number of nitro groups is 1. The van der Waals surface area contributed by atoms with Crippen LogP contribution in [-0.4, -0.2) is 12.0 Å². The lowest BCUT2D eigenvalue weighted by molar-refractivity contribution is -0.384. The number of methoxy groups -OCH3 is 1. The Balaban J connectivity index is 2.45. The minimum Gasteiger partial charge on any atom is -0.493 e. The highest BCUT2D eigenvalue weighted by atomic mass is 79.9. The van der Waals surface area contributed by atoms with Crippen LogP contribution in [0.2, 0.25) is 0 Å². The Morgan fingerprint density at radius 1 is 1.24 bits per heavy atom. The summed E-state index contributed by atoms with van der Waals surface area (Å²) in [6.45, 7) is 0. The molecule has 2 rings (SSSR count). The molecule has 0 heterocycles. The van der Waals surface area contributed by atoms with Gasteiger partial charge >= 0.3 is 0 Å². The van der Waals surface area contributed by atoms with Gasteiger partial charge in [-0.15, -0.1) is 0 Å². The van der Waals surface area contributed by atoms with Crippen LogP contribution in [0.25, 0.3) is 0 Å². The zero-order valence-electron chi connectivity index (χ0n) is 11.0. The van der Waals surface area contributed by atoms with E-state index in [4.69, 9.17) is 9.47 Å². The number of ether oxygens (including phenoxy) is 2. The van der Waals surface area contributed by atoms with Crippen molar-refractivity contribution in [2.24, 2.45) is 0 Å². The molecule has 5 nitrogen and oxygen atoms in total. The van der Waals surface area contributed by atoms with Crippen LogP contribution >= 0.6 is 15.9 Å². The molecular formula is C14H11BrFNO4. The molecular weight excluding hydrogens is 345 g/mol. The van der Waals surface area contributed by atoms with Crippen molar-refractivity contribution < 1.29 is 18.8 Å². The first-order valence-corrected chi connectivity index (χ1v) is 7.02. The molecule has 0 aliphatic heterocycles. The van der Waals surface area contributed by atoms with Crippen LogP contribution in [-0.2, 0) is 5.33 Å². The summed E-state index contributed by atoms with van der Waals surface area (Å²) in [5, 5.41) is 11.1. The molecule has 2 aromatic carbocycles. The number of halogens is 2. The quantitative estimate of drug-likeness (QED) is 0.452. The lowest BCUT2D eigenvalue weighted by atomic mass is 10.2. The molecule has 0 spiro atoms. The molecule has 0 aromatic heterocycles. The Labute approximate surface area is 128 Å². The van der Waals surface area contributed by atoms with Gasteiger partial charge in [0.15, 0.2) is 11.5 Å². The van der Waals surface area contributed by atoms with Gasteiger partial charge < -0.3 is 9.47 Å². The van der Waals surface area contributed by atoms with Gasteiger partial charge in [0, 0.05) is 17.0 Å². The van der Waals surface area contributed by atoms with Gasteiger partial charge in [-0.2, -0.15) is 0 Å². The average Bonchev–Trinajstić information content (AvgIpc) is 2.47. The van der Waals surface area contributed by atoms with E-state index in [9.17, 15) is 14.5 Å². The number of non-ortho nitro benzene ring substituents is 1. The molecule has 0 unspecified atom stereocenters. The van der Waals surface area contributed by atoms with E-state index in [1.165, 1.54) is 37.4 Å². The molecule has 0 radical (unpaired) electrons. The van der Waals surface area contributed by atoms with E-state index in [0.717, 1.165) is 0 Å². The van der Waals surface area contributed by atoms with Gasteiger partial charge in [-0.1, -0.05) is 22.0 Å². The highest BCUT2D eigenvalue weighted by Crippen LogP contribution is 2.36. The van der Waals surface area contributed by atoms with E-state index >= 15 is 0 Å². The molecule has 0 N–H and O–H groups in total. The molecule has 0 atom stereocenters. The van der Waals surface area contributed by atoms with E-state index in [2.05, 4.69) is 15.9 Å². The molecule has 0 aliphatic rings. The number of benzene rings is 2. The number of nitrogens with zero attached hydrogens (tertiary/aromatic N) is 1. The molecule has 0 amide bonds. The van der Waals surface area contributed by atoms with Crippen molar-refractivity contribution in [1.29, 1.82) is 0 Å². The second kappa shape index (κ2) is 6.53. The van der Waals surface area contributed by atoms with E-state index in [-0.39, 0.29) is 22.5 Å². The van der Waals surface area contributed by atoms with Crippen molar-refractivity contribution in [2.45, 2.75) is 5.33 Å². The van der Waals surface area contributed by atoms with Crippen LogP contribution in [0.4, 0.5) is 10.1 Å². The van der Waals surface area contributed by atoms with Gasteiger partial charge in [0.05, 0.1) is 18.1 Å². The fourth-order valence-corrected chi connectivity index (χ4v) is 2.29. The smallest absolute Gasteiger partial charge is 0.273 e. The van der Waals surface area contributed by atoms with Crippen LogP contribution in [0.5, 0.6) is 17.2 Å². The standard InChI is InChI=1S/C14H11BrFNO4/c1-20-13-6-5-9(17(18)19)7-14(13)21-12-4-2-3-11(16)10(12)8-15/h2-7H,8H2,1H3. The Bertz CT molecular complexity index is 678. The molecule has 0 fully saturated rings.